The van der Waals surface area contributed by atoms with Gasteiger partial charge >= 0.3 is 0 Å². The van der Waals surface area contributed by atoms with Crippen LogP contribution in [0, 0.1) is 5.92 Å². The average Bonchev–Trinajstić information content (AvgIpc) is 2.85. The number of hydrogen-bond donors (Lipinski definition) is 0. The third kappa shape index (κ3) is 5.99. The Labute approximate surface area is 203 Å². The molecule has 0 radical (unpaired) electrons. The third-order valence-electron chi connectivity index (χ3n) is 6.50. The summed E-state index contributed by atoms with van der Waals surface area (Å²) in [7, 11) is 1.68. The topological polar surface area (TPSA) is 40.6 Å². The number of benzene rings is 2. The lowest BCUT2D eigenvalue weighted by atomic mass is 9.88. The molecule has 2 aromatic carbocycles. The Bertz CT molecular complexity index is 1090. The van der Waals surface area contributed by atoms with Crippen molar-refractivity contribution in [2.75, 3.05) is 7.11 Å². The van der Waals surface area contributed by atoms with Crippen LogP contribution in [-0.4, -0.2) is 18.2 Å². The highest BCUT2D eigenvalue weighted by Crippen LogP contribution is 2.37. The molecule has 1 aliphatic carbocycles. The second-order valence-electron chi connectivity index (χ2n) is 9.29. The van der Waals surface area contributed by atoms with Crippen molar-refractivity contribution in [3.05, 3.63) is 89.6 Å². The van der Waals surface area contributed by atoms with Gasteiger partial charge in [0.2, 0.25) is 5.88 Å². The van der Waals surface area contributed by atoms with Crippen molar-refractivity contribution in [3.8, 4) is 17.4 Å². The summed E-state index contributed by atoms with van der Waals surface area (Å²) in [6.45, 7) is 8.96. The number of methoxy groups -OCH3 is 1. The molecule has 0 aliphatic heterocycles. The summed E-state index contributed by atoms with van der Waals surface area (Å²) in [5.41, 5.74) is 4.93. The van der Waals surface area contributed by atoms with Crippen molar-refractivity contribution >= 4 is 5.57 Å². The molecule has 34 heavy (non-hydrogen) atoms. The van der Waals surface area contributed by atoms with Gasteiger partial charge < -0.3 is 14.2 Å². The fraction of sp³-hybridized carbons (Fsp3) is 0.367. The van der Waals surface area contributed by atoms with Crippen LogP contribution < -0.4 is 14.2 Å². The largest absolute Gasteiger partial charge is 0.497 e. The average molecular weight is 458 g/mol. The summed E-state index contributed by atoms with van der Waals surface area (Å²) in [6, 6.07) is 20.3. The van der Waals surface area contributed by atoms with Gasteiger partial charge in [-0.2, -0.15) is 0 Å². The molecule has 1 aromatic heterocycles. The van der Waals surface area contributed by atoms with Crippen molar-refractivity contribution in [1.29, 1.82) is 0 Å². The minimum Gasteiger partial charge on any atom is -0.497 e. The molecule has 0 spiro atoms. The molecule has 0 saturated heterocycles. The van der Waals surface area contributed by atoms with Crippen LogP contribution in [0.3, 0.4) is 0 Å². The molecule has 2 atom stereocenters. The Morgan fingerprint density at radius 2 is 1.74 bits per heavy atom. The van der Waals surface area contributed by atoms with E-state index in [1.165, 1.54) is 19.3 Å². The molecule has 1 saturated carbocycles. The minimum atomic E-state index is 0.199. The number of pyridine rings is 1. The summed E-state index contributed by atoms with van der Waals surface area (Å²) >= 11 is 0. The van der Waals surface area contributed by atoms with Gasteiger partial charge in [-0.05, 0) is 60.9 Å². The Morgan fingerprint density at radius 3 is 2.41 bits per heavy atom. The second-order valence-corrected chi connectivity index (χ2v) is 9.29. The van der Waals surface area contributed by atoms with Crippen molar-refractivity contribution in [1.82, 2.24) is 4.98 Å². The zero-order chi connectivity index (χ0) is 23.9. The first kappa shape index (κ1) is 23.9. The van der Waals surface area contributed by atoms with Gasteiger partial charge in [0.05, 0.1) is 18.4 Å². The summed E-state index contributed by atoms with van der Waals surface area (Å²) in [6.07, 6.45) is 5.64. The van der Waals surface area contributed by atoms with E-state index in [-0.39, 0.29) is 6.10 Å². The van der Waals surface area contributed by atoms with E-state index in [4.69, 9.17) is 19.2 Å². The van der Waals surface area contributed by atoms with E-state index in [1.54, 1.807) is 7.11 Å². The highest BCUT2D eigenvalue weighted by atomic mass is 16.5. The lowest BCUT2D eigenvalue weighted by Gasteiger charge is -2.30. The van der Waals surface area contributed by atoms with Crippen LogP contribution in [0.25, 0.3) is 5.57 Å². The van der Waals surface area contributed by atoms with Crippen molar-refractivity contribution in [2.45, 2.75) is 58.7 Å². The molecule has 4 rings (SSSR count). The lowest BCUT2D eigenvalue weighted by molar-refractivity contribution is 0.101. The van der Waals surface area contributed by atoms with Gasteiger partial charge in [-0.1, -0.05) is 62.4 Å². The molecule has 1 heterocycles. The molecule has 0 N–H and O–H groups in total. The van der Waals surface area contributed by atoms with E-state index in [0.29, 0.717) is 24.8 Å². The molecule has 178 valence electrons. The van der Waals surface area contributed by atoms with Gasteiger partial charge in [-0.3, -0.25) is 0 Å². The Hall–Kier alpha value is -3.27. The van der Waals surface area contributed by atoms with Crippen LogP contribution in [0.15, 0.2) is 67.2 Å². The molecule has 2 unspecified atom stereocenters. The monoisotopic (exact) mass is 457 g/mol. The number of ether oxygens (including phenoxy) is 3. The molecule has 3 aromatic rings. The number of allylic oxidation sites excluding steroid dienone is 1. The molecule has 1 aliphatic rings. The second kappa shape index (κ2) is 11.2. The molecular formula is C30H35NO3. The van der Waals surface area contributed by atoms with Crippen LogP contribution >= 0.6 is 0 Å². The predicted molar refractivity (Wildman–Crippen MR) is 138 cm³/mol. The normalized spacial score (nSPS) is 17.7. The zero-order valence-corrected chi connectivity index (χ0v) is 20.5. The highest BCUT2D eigenvalue weighted by Gasteiger charge is 2.26. The smallest absolute Gasteiger partial charge is 0.225 e. The number of rotatable bonds is 9. The SMILES string of the molecule is C=C(C)c1c(OC2CCCCC2C)cc(Cc2ccc(OC)cc2)nc1OCc1ccccc1. The fourth-order valence-electron chi connectivity index (χ4n) is 4.53. The maximum atomic E-state index is 6.67. The van der Waals surface area contributed by atoms with E-state index in [1.807, 2.05) is 37.3 Å². The van der Waals surface area contributed by atoms with Gasteiger partial charge in [0.1, 0.15) is 24.2 Å². The lowest BCUT2D eigenvalue weighted by Crippen LogP contribution is -2.28. The first-order valence-electron chi connectivity index (χ1n) is 12.2. The molecule has 4 nitrogen and oxygen atoms in total. The van der Waals surface area contributed by atoms with E-state index < -0.39 is 0 Å². The molecule has 4 heteroatoms. The highest BCUT2D eigenvalue weighted by molar-refractivity contribution is 5.71. The third-order valence-corrected chi connectivity index (χ3v) is 6.50. The molecule has 0 bridgehead atoms. The first-order chi connectivity index (χ1) is 16.5. The van der Waals surface area contributed by atoms with Crippen LogP contribution in [0.5, 0.6) is 17.4 Å². The van der Waals surface area contributed by atoms with Crippen LogP contribution in [-0.2, 0) is 13.0 Å². The van der Waals surface area contributed by atoms with Crippen molar-refractivity contribution in [2.24, 2.45) is 5.92 Å². The number of nitrogens with zero attached hydrogens (tertiary/aromatic N) is 1. The fourth-order valence-corrected chi connectivity index (χ4v) is 4.53. The summed E-state index contributed by atoms with van der Waals surface area (Å²) in [4.78, 5) is 4.93. The molecular weight excluding hydrogens is 422 g/mol. The van der Waals surface area contributed by atoms with Gasteiger partial charge in [0, 0.05) is 12.5 Å². The maximum Gasteiger partial charge on any atom is 0.225 e. The van der Waals surface area contributed by atoms with Crippen molar-refractivity contribution < 1.29 is 14.2 Å². The minimum absolute atomic E-state index is 0.199. The Morgan fingerprint density at radius 1 is 1.00 bits per heavy atom. The molecule has 0 amide bonds. The standard InChI is InChI=1S/C30H35NO3/c1-21(2)29-28(34-27-13-9-8-10-22(27)3)19-25(18-23-14-16-26(32-4)17-15-23)31-30(29)33-20-24-11-6-5-7-12-24/h5-7,11-12,14-17,19,22,27H,1,8-10,13,18,20H2,2-4H3. The Kier molecular flexibility index (Phi) is 7.89. The van der Waals surface area contributed by atoms with Crippen LogP contribution in [0.4, 0.5) is 0 Å². The number of aromatic nitrogens is 1. The Balaban J connectivity index is 1.68. The maximum absolute atomic E-state index is 6.67. The van der Waals surface area contributed by atoms with Gasteiger partial charge in [-0.15, -0.1) is 0 Å². The van der Waals surface area contributed by atoms with E-state index >= 15 is 0 Å². The van der Waals surface area contributed by atoms with Crippen LogP contribution in [0.1, 0.15) is 61.9 Å². The zero-order valence-electron chi connectivity index (χ0n) is 20.5. The number of hydrogen-bond acceptors (Lipinski definition) is 4. The van der Waals surface area contributed by atoms with Gasteiger partial charge in [-0.25, -0.2) is 4.98 Å². The predicted octanol–water partition coefficient (Wildman–Crippen LogP) is 7.25. The first-order valence-corrected chi connectivity index (χ1v) is 12.2. The summed E-state index contributed by atoms with van der Waals surface area (Å²) in [5, 5.41) is 0. The van der Waals surface area contributed by atoms with Crippen molar-refractivity contribution in [3.63, 3.8) is 0 Å². The van der Waals surface area contributed by atoms with E-state index in [2.05, 4.69) is 43.8 Å². The summed E-state index contributed by atoms with van der Waals surface area (Å²) < 4.78 is 18.3. The van der Waals surface area contributed by atoms with E-state index in [0.717, 1.165) is 45.9 Å². The molecule has 1 fully saturated rings. The van der Waals surface area contributed by atoms with Gasteiger partial charge in [0.15, 0.2) is 0 Å². The van der Waals surface area contributed by atoms with E-state index in [9.17, 15) is 0 Å². The summed E-state index contributed by atoms with van der Waals surface area (Å²) in [5.74, 6) is 2.78. The quantitative estimate of drug-likeness (QED) is 0.339. The van der Waals surface area contributed by atoms with Crippen LogP contribution in [0.2, 0.25) is 0 Å². The van der Waals surface area contributed by atoms with Gasteiger partial charge in [0.25, 0.3) is 0 Å².